The third-order valence-corrected chi connectivity index (χ3v) is 3.20. The third-order valence-electron chi connectivity index (χ3n) is 3.20. The van der Waals surface area contributed by atoms with Gasteiger partial charge in [-0.3, -0.25) is 0 Å². The molecule has 0 saturated carbocycles. The number of nitrogens with two attached hydrogens (primary N) is 1. The zero-order valence-electron chi connectivity index (χ0n) is 11.2. The molecule has 0 amide bonds. The molecule has 0 unspecified atom stereocenters. The van der Waals surface area contributed by atoms with Gasteiger partial charge in [-0.2, -0.15) is 0 Å². The van der Waals surface area contributed by atoms with Crippen molar-refractivity contribution in [2.75, 3.05) is 32.5 Å². The van der Waals surface area contributed by atoms with E-state index in [4.69, 9.17) is 15.2 Å². The molecule has 5 heteroatoms. The van der Waals surface area contributed by atoms with Gasteiger partial charge in [-0.05, 0) is 44.2 Å². The SMILES string of the molecule is CN1CCC(OC(=O)COc2ccc(N)cc2)CC1. The molecule has 104 valence electrons. The Hall–Kier alpha value is -1.75. The van der Waals surface area contributed by atoms with Crippen molar-refractivity contribution in [3.8, 4) is 5.75 Å². The van der Waals surface area contributed by atoms with E-state index in [1.165, 1.54) is 0 Å². The van der Waals surface area contributed by atoms with Crippen LogP contribution in [0.5, 0.6) is 5.75 Å². The first kappa shape index (κ1) is 13.7. The maximum atomic E-state index is 11.6. The summed E-state index contributed by atoms with van der Waals surface area (Å²) in [5.41, 5.74) is 6.23. The zero-order chi connectivity index (χ0) is 13.7. The molecule has 2 rings (SSSR count). The van der Waals surface area contributed by atoms with Crippen LogP contribution in [-0.2, 0) is 9.53 Å². The number of carbonyl (C=O) groups is 1. The number of esters is 1. The Labute approximate surface area is 113 Å². The molecular weight excluding hydrogens is 244 g/mol. The number of likely N-dealkylation sites (tertiary alicyclic amines) is 1. The third kappa shape index (κ3) is 4.44. The minimum Gasteiger partial charge on any atom is -0.482 e. The van der Waals surface area contributed by atoms with Gasteiger partial charge in [0.25, 0.3) is 0 Å². The molecule has 1 aromatic rings. The second-order valence-electron chi connectivity index (χ2n) is 4.85. The molecule has 19 heavy (non-hydrogen) atoms. The summed E-state index contributed by atoms with van der Waals surface area (Å²) in [4.78, 5) is 13.9. The first-order valence-electron chi connectivity index (χ1n) is 6.50. The molecule has 0 radical (unpaired) electrons. The van der Waals surface area contributed by atoms with Gasteiger partial charge >= 0.3 is 5.97 Å². The van der Waals surface area contributed by atoms with Crippen molar-refractivity contribution < 1.29 is 14.3 Å². The summed E-state index contributed by atoms with van der Waals surface area (Å²) >= 11 is 0. The topological polar surface area (TPSA) is 64.8 Å². The van der Waals surface area contributed by atoms with Gasteiger partial charge in [0.2, 0.25) is 0 Å². The van der Waals surface area contributed by atoms with Crippen LogP contribution in [0.4, 0.5) is 5.69 Å². The van der Waals surface area contributed by atoms with Crippen LogP contribution in [0.15, 0.2) is 24.3 Å². The van der Waals surface area contributed by atoms with Crippen LogP contribution < -0.4 is 10.5 Å². The number of piperidine rings is 1. The molecule has 1 fully saturated rings. The standard InChI is InChI=1S/C14H20N2O3/c1-16-8-6-13(7-9-16)19-14(17)10-18-12-4-2-11(15)3-5-12/h2-5,13H,6-10,15H2,1H3. The molecule has 0 aliphatic carbocycles. The minimum absolute atomic E-state index is 0.0266. The van der Waals surface area contributed by atoms with Crippen LogP contribution in [0.3, 0.4) is 0 Å². The van der Waals surface area contributed by atoms with Gasteiger partial charge in [-0.25, -0.2) is 4.79 Å². The summed E-state index contributed by atoms with van der Waals surface area (Å²) in [5.74, 6) is 0.306. The Morgan fingerprint density at radius 3 is 2.58 bits per heavy atom. The fraction of sp³-hybridized carbons (Fsp3) is 0.500. The van der Waals surface area contributed by atoms with Crippen molar-refractivity contribution in [2.24, 2.45) is 0 Å². The van der Waals surface area contributed by atoms with Gasteiger partial charge in [-0.1, -0.05) is 0 Å². The minimum atomic E-state index is -0.314. The summed E-state index contributed by atoms with van der Waals surface area (Å²) in [5, 5.41) is 0. The van der Waals surface area contributed by atoms with Crippen LogP contribution in [0.1, 0.15) is 12.8 Å². The molecule has 0 bridgehead atoms. The van der Waals surface area contributed by atoms with E-state index < -0.39 is 0 Å². The zero-order valence-corrected chi connectivity index (χ0v) is 11.2. The first-order valence-corrected chi connectivity index (χ1v) is 6.50. The van der Waals surface area contributed by atoms with E-state index in [-0.39, 0.29) is 18.7 Å². The van der Waals surface area contributed by atoms with E-state index in [1.54, 1.807) is 24.3 Å². The molecule has 1 aliphatic rings. The summed E-state index contributed by atoms with van der Waals surface area (Å²) in [6.45, 7) is 1.88. The van der Waals surface area contributed by atoms with Crippen molar-refractivity contribution >= 4 is 11.7 Å². The number of hydrogen-bond acceptors (Lipinski definition) is 5. The van der Waals surface area contributed by atoms with Crippen molar-refractivity contribution in [1.82, 2.24) is 4.90 Å². The highest BCUT2D eigenvalue weighted by Crippen LogP contribution is 2.14. The van der Waals surface area contributed by atoms with Crippen molar-refractivity contribution in [1.29, 1.82) is 0 Å². The Kier molecular flexibility index (Phi) is 4.63. The van der Waals surface area contributed by atoms with Gasteiger partial charge in [-0.15, -0.1) is 0 Å². The van der Waals surface area contributed by atoms with Crippen LogP contribution in [-0.4, -0.2) is 43.7 Å². The lowest BCUT2D eigenvalue weighted by Crippen LogP contribution is -2.36. The van der Waals surface area contributed by atoms with Crippen LogP contribution >= 0.6 is 0 Å². The van der Waals surface area contributed by atoms with E-state index in [9.17, 15) is 4.79 Å². The van der Waals surface area contributed by atoms with Crippen LogP contribution in [0.25, 0.3) is 0 Å². The number of benzene rings is 1. The Balaban J connectivity index is 1.71. The number of nitrogens with zero attached hydrogens (tertiary/aromatic N) is 1. The fourth-order valence-corrected chi connectivity index (χ4v) is 2.03. The van der Waals surface area contributed by atoms with E-state index in [2.05, 4.69) is 11.9 Å². The summed E-state index contributed by atoms with van der Waals surface area (Å²) in [6.07, 6.45) is 1.81. The van der Waals surface area contributed by atoms with E-state index in [0.29, 0.717) is 11.4 Å². The number of nitrogen functional groups attached to an aromatic ring is 1. The second kappa shape index (κ2) is 6.43. The molecule has 0 spiro atoms. The molecule has 1 heterocycles. The Morgan fingerprint density at radius 2 is 1.95 bits per heavy atom. The van der Waals surface area contributed by atoms with Crippen LogP contribution in [0, 0.1) is 0 Å². The normalized spacial score (nSPS) is 17.1. The Bertz CT molecular complexity index is 411. The molecule has 1 saturated heterocycles. The van der Waals surface area contributed by atoms with Gasteiger partial charge in [0.15, 0.2) is 6.61 Å². The quantitative estimate of drug-likeness (QED) is 0.655. The van der Waals surface area contributed by atoms with Gasteiger partial charge in [0.05, 0.1) is 0 Å². The lowest BCUT2D eigenvalue weighted by Gasteiger charge is -2.28. The van der Waals surface area contributed by atoms with E-state index in [1.807, 2.05) is 0 Å². The maximum Gasteiger partial charge on any atom is 0.344 e. The number of rotatable bonds is 4. The molecule has 2 N–H and O–H groups in total. The van der Waals surface area contributed by atoms with E-state index in [0.717, 1.165) is 25.9 Å². The fourth-order valence-electron chi connectivity index (χ4n) is 2.03. The molecule has 1 aromatic carbocycles. The highest BCUT2D eigenvalue weighted by molar-refractivity contribution is 5.71. The molecule has 1 aliphatic heterocycles. The van der Waals surface area contributed by atoms with Crippen molar-refractivity contribution in [3.05, 3.63) is 24.3 Å². The number of hydrogen-bond donors (Lipinski definition) is 1. The monoisotopic (exact) mass is 264 g/mol. The van der Waals surface area contributed by atoms with E-state index >= 15 is 0 Å². The first-order chi connectivity index (χ1) is 9.13. The predicted octanol–water partition coefficient (Wildman–Crippen LogP) is 1.28. The molecule has 5 nitrogen and oxygen atoms in total. The van der Waals surface area contributed by atoms with Gasteiger partial charge < -0.3 is 20.1 Å². The lowest BCUT2D eigenvalue weighted by atomic mass is 10.1. The van der Waals surface area contributed by atoms with Gasteiger partial charge in [0, 0.05) is 18.8 Å². The highest BCUT2D eigenvalue weighted by atomic mass is 16.6. The highest BCUT2D eigenvalue weighted by Gasteiger charge is 2.20. The molecular formula is C14H20N2O3. The van der Waals surface area contributed by atoms with Crippen LogP contribution in [0.2, 0.25) is 0 Å². The number of anilines is 1. The number of carbonyl (C=O) groups excluding carboxylic acids is 1. The van der Waals surface area contributed by atoms with Crippen molar-refractivity contribution in [2.45, 2.75) is 18.9 Å². The van der Waals surface area contributed by atoms with Crippen molar-refractivity contribution in [3.63, 3.8) is 0 Å². The molecule has 0 atom stereocenters. The average molecular weight is 264 g/mol. The summed E-state index contributed by atoms with van der Waals surface area (Å²) in [6, 6.07) is 6.94. The smallest absolute Gasteiger partial charge is 0.344 e. The average Bonchev–Trinajstić information content (AvgIpc) is 2.41. The van der Waals surface area contributed by atoms with Gasteiger partial charge in [0.1, 0.15) is 11.9 Å². The number of ether oxygens (including phenoxy) is 2. The molecule has 0 aromatic heterocycles. The second-order valence-corrected chi connectivity index (χ2v) is 4.85. The summed E-state index contributed by atoms with van der Waals surface area (Å²) in [7, 11) is 2.07. The summed E-state index contributed by atoms with van der Waals surface area (Å²) < 4.78 is 10.7. The largest absolute Gasteiger partial charge is 0.482 e. The maximum absolute atomic E-state index is 11.6. The lowest BCUT2D eigenvalue weighted by molar-refractivity contribution is -0.153. The Morgan fingerprint density at radius 1 is 1.32 bits per heavy atom. The predicted molar refractivity (Wildman–Crippen MR) is 73.0 cm³/mol.